The third-order valence-corrected chi connectivity index (χ3v) is 5.24. The highest BCUT2D eigenvalue weighted by atomic mass is 16.1. The van der Waals surface area contributed by atoms with Crippen LogP contribution in [-0.2, 0) is 13.0 Å². The first kappa shape index (κ1) is 13.8. The van der Waals surface area contributed by atoms with E-state index in [0.717, 1.165) is 17.5 Å². The first-order chi connectivity index (χ1) is 11.7. The molecule has 4 nitrogen and oxygen atoms in total. The Morgan fingerprint density at radius 2 is 2.00 bits per heavy atom. The van der Waals surface area contributed by atoms with Crippen molar-refractivity contribution in [2.24, 2.45) is 0 Å². The molecular formula is C20H19N3O. The molecule has 3 N–H and O–H groups in total. The number of fused-ring (bicyclic) bond motifs is 4. The van der Waals surface area contributed by atoms with E-state index in [4.69, 9.17) is 0 Å². The maximum Gasteiger partial charge on any atom is 0.251 e. The lowest BCUT2D eigenvalue weighted by molar-refractivity contribution is 0.0966. The highest BCUT2D eigenvalue weighted by molar-refractivity contribution is 5.98. The fraction of sp³-hybridized carbons (Fsp3) is 0.250. The number of amides is 1. The Kier molecular flexibility index (Phi) is 2.85. The molecule has 0 radical (unpaired) electrons. The van der Waals surface area contributed by atoms with Crippen molar-refractivity contribution in [3.63, 3.8) is 0 Å². The number of hydrogen-bond donors (Lipinski definition) is 3. The number of para-hydroxylation sites is 1. The second-order valence-electron chi connectivity index (χ2n) is 6.87. The maximum atomic E-state index is 11.8. The van der Waals surface area contributed by atoms with Crippen LogP contribution in [0.2, 0.25) is 0 Å². The molecule has 1 aromatic heterocycles. The molecule has 2 aliphatic rings. The monoisotopic (exact) mass is 317 g/mol. The second kappa shape index (κ2) is 4.95. The Balaban J connectivity index is 1.66. The van der Waals surface area contributed by atoms with Gasteiger partial charge in [0, 0.05) is 34.7 Å². The fourth-order valence-electron chi connectivity index (χ4n) is 4.11. The minimum absolute atomic E-state index is 0.0350. The summed E-state index contributed by atoms with van der Waals surface area (Å²) in [6.45, 7) is 2.86. The van der Waals surface area contributed by atoms with E-state index in [9.17, 15) is 4.79 Å². The van der Waals surface area contributed by atoms with E-state index in [1.807, 2.05) is 6.07 Å². The summed E-state index contributed by atoms with van der Waals surface area (Å²) in [6, 6.07) is 15.3. The Morgan fingerprint density at radius 1 is 1.12 bits per heavy atom. The molecule has 5 rings (SSSR count). The predicted molar refractivity (Wildman–Crippen MR) is 94.1 cm³/mol. The van der Waals surface area contributed by atoms with Crippen LogP contribution in [0.15, 0.2) is 42.5 Å². The van der Waals surface area contributed by atoms with Gasteiger partial charge in [-0.1, -0.05) is 30.3 Å². The van der Waals surface area contributed by atoms with E-state index >= 15 is 0 Å². The molecule has 120 valence electrons. The maximum absolute atomic E-state index is 11.8. The molecule has 0 saturated carbocycles. The molecule has 24 heavy (non-hydrogen) atoms. The smallest absolute Gasteiger partial charge is 0.251 e. The van der Waals surface area contributed by atoms with Crippen LogP contribution >= 0.6 is 0 Å². The summed E-state index contributed by atoms with van der Waals surface area (Å²) in [5.74, 6) is 0.0350. The lowest BCUT2D eigenvalue weighted by Crippen LogP contribution is -2.37. The van der Waals surface area contributed by atoms with Crippen molar-refractivity contribution in [1.29, 1.82) is 0 Å². The first-order valence-corrected chi connectivity index (χ1v) is 8.47. The van der Waals surface area contributed by atoms with E-state index < -0.39 is 0 Å². The van der Waals surface area contributed by atoms with Crippen molar-refractivity contribution in [3.8, 4) is 0 Å². The average Bonchev–Trinajstić information content (AvgIpc) is 3.15. The summed E-state index contributed by atoms with van der Waals surface area (Å²) < 4.78 is 0. The number of H-pyrrole nitrogens is 1. The van der Waals surface area contributed by atoms with Crippen LogP contribution in [0.5, 0.6) is 0 Å². The number of rotatable bonds is 1. The zero-order chi connectivity index (χ0) is 16.3. The number of carbonyl (C=O) groups excluding carboxylic acids is 1. The van der Waals surface area contributed by atoms with E-state index in [2.05, 4.69) is 58.9 Å². The molecule has 2 atom stereocenters. The predicted octanol–water partition coefficient (Wildman–Crippen LogP) is 3.03. The molecule has 3 aromatic rings. The molecule has 0 saturated heterocycles. The summed E-state index contributed by atoms with van der Waals surface area (Å²) in [6.07, 6.45) is 1.03. The van der Waals surface area contributed by atoms with Crippen molar-refractivity contribution in [3.05, 3.63) is 70.4 Å². The number of nitrogens with one attached hydrogen (secondary N) is 3. The van der Waals surface area contributed by atoms with E-state index in [1.165, 1.54) is 27.7 Å². The largest absolute Gasteiger partial charge is 0.357 e. The molecular weight excluding hydrogens is 298 g/mol. The highest BCUT2D eigenvalue weighted by Crippen LogP contribution is 2.35. The van der Waals surface area contributed by atoms with Gasteiger partial charge in [0.2, 0.25) is 0 Å². The van der Waals surface area contributed by atoms with Gasteiger partial charge < -0.3 is 15.6 Å². The lowest BCUT2D eigenvalue weighted by atomic mass is 9.90. The van der Waals surface area contributed by atoms with Gasteiger partial charge in [-0.15, -0.1) is 0 Å². The summed E-state index contributed by atoms with van der Waals surface area (Å²) in [4.78, 5) is 15.4. The Hall–Kier alpha value is -2.59. The van der Waals surface area contributed by atoms with Crippen LogP contribution in [0.25, 0.3) is 10.9 Å². The zero-order valence-electron chi connectivity index (χ0n) is 13.5. The highest BCUT2D eigenvalue weighted by Gasteiger charge is 2.29. The molecule has 1 amide bonds. The number of aromatic nitrogens is 1. The molecule has 0 unspecified atom stereocenters. The van der Waals surface area contributed by atoms with Gasteiger partial charge in [0.05, 0.1) is 6.04 Å². The van der Waals surface area contributed by atoms with E-state index in [-0.39, 0.29) is 11.9 Å². The summed E-state index contributed by atoms with van der Waals surface area (Å²) >= 11 is 0. The summed E-state index contributed by atoms with van der Waals surface area (Å²) in [7, 11) is 0. The van der Waals surface area contributed by atoms with Crippen molar-refractivity contribution in [1.82, 2.24) is 15.6 Å². The number of benzene rings is 2. The van der Waals surface area contributed by atoms with Gasteiger partial charge in [0.1, 0.15) is 0 Å². The topological polar surface area (TPSA) is 56.9 Å². The van der Waals surface area contributed by atoms with Gasteiger partial charge in [-0.2, -0.15) is 0 Å². The zero-order valence-corrected chi connectivity index (χ0v) is 13.5. The van der Waals surface area contributed by atoms with Crippen LogP contribution in [0, 0.1) is 0 Å². The molecule has 0 fully saturated rings. The van der Waals surface area contributed by atoms with Gasteiger partial charge in [0.25, 0.3) is 5.91 Å². The first-order valence-electron chi connectivity index (χ1n) is 8.47. The van der Waals surface area contributed by atoms with Gasteiger partial charge in [-0.25, -0.2) is 0 Å². The number of aromatic amines is 1. The van der Waals surface area contributed by atoms with Crippen LogP contribution in [0.4, 0.5) is 0 Å². The van der Waals surface area contributed by atoms with Crippen LogP contribution in [0.1, 0.15) is 45.7 Å². The van der Waals surface area contributed by atoms with Crippen molar-refractivity contribution in [2.45, 2.75) is 32.0 Å². The Labute approximate surface area is 140 Å². The van der Waals surface area contributed by atoms with Crippen molar-refractivity contribution in [2.75, 3.05) is 0 Å². The third kappa shape index (κ3) is 1.93. The van der Waals surface area contributed by atoms with E-state index in [1.54, 1.807) is 0 Å². The van der Waals surface area contributed by atoms with Crippen molar-refractivity contribution < 1.29 is 4.79 Å². The molecule has 2 aliphatic heterocycles. The number of hydrogen-bond acceptors (Lipinski definition) is 2. The lowest BCUT2D eigenvalue weighted by Gasteiger charge is -2.30. The molecule has 2 aromatic carbocycles. The van der Waals surface area contributed by atoms with Gasteiger partial charge in [-0.05, 0) is 42.2 Å². The van der Waals surface area contributed by atoms with Crippen molar-refractivity contribution >= 4 is 16.8 Å². The van der Waals surface area contributed by atoms with Crippen LogP contribution < -0.4 is 10.6 Å². The summed E-state index contributed by atoms with van der Waals surface area (Å²) in [5.41, 5.74) is 6.98. The normalized spacial score (nSPS) is 22.3. The minimum atomic E-state index is 0.0350. The summed E-state index contributed by atoms with van der Waals surface area (Å²) in [5, 5.41) is 7.94. The standard InChI is InChI=1S/C20H19N3O/c1-11-8-16-15-4-2-3-5-17(15)23-19(16)18(22-11)12-6-7-14-13(9-12)10-21-20(14)24/h2-7,9,11,18,22-23H,8,10H2,1H3,(H,21,24)/t11-,18-/m0/s1. The van der Waals surface area contributed by atoms with Gasteiger partial charge in [0.15, 0.2) is 0 Å². The molecule has 0 aliphatic carbocycles. The van der Waals surface area contributed by atoms with Gasteiger partial charge in [-0.3, -0.25) is 4.79 Å². The van der Waals surface area contributed by atoms with Gasteiger partial charge >= 0.3 is 0 Å². The molecule has 0 spiro atoms. The molecule has 4 heteroatoms. The molecule has 0 bridgehead atoms. The third-order valence-electron chi connectivity index (χ3n) is 5.24. The number of carbonyl (C=O) groups is 1. The quantitative estimate of drug-likeness (QED) is 0.646. The minimum Gasteiger partial charge on any atom is -0.357 e. The van der Waals surface area contributed by atoms with E-state index in [0.29, 0.717) is 12.6 Å². The van der Waals surface area contributed by atoms with Crippen LogP contribution in [0.3, 0.4) is 0 Å². The SMILES string of the molecule is C[C@H]1Cc2c([nH]c3ccccc23)[C@H](c2ccc3c(c2)CNC3=O)N1. The Bertz CT molecular complexity index is 972. The second-order valence-corrected chi connectivity index (χ2v) is 6.87. The van der Waals surface area contributed by atoms with Crippen LogP contribution in [-0.4, -0.2) is 16.9 Å². The average molecular weight is 317 g/mol. The fourth-order valence-corrected chi connectivity index (χ4v) is 4.11. The Morgan fingerprint density at radius 3 is 2.92 bits per heavy atom. The molecule has 3 heterocycles.